The van der Waals surface area contributed by atoms with Gasteiger partial charge in [0.05, 0.1) is 4.90 Å². The number of nitrogens with one attached hydrogen (secondary N) is 2. The lowest BCUT2D eigenvalue weighted by Gasteiger charge is -2.08. The number of aryl methyl sites for hydroxylation is 1. The minimum Gasteiger partial charge on any atom is -0.508 e. The van der Waals surface area contributed by atoms with Crippen molar-refractivity contribution in [2.75, 3.05) is 10.0 Å². The summed E-state index contributed by atoms with van der Waals surface area (Å²) in [6.45, 7) is 1.91. The molecular formula is C17H16N4O4S2. The van der Waals surface area contributed by atoms with E-state index in [0.29, 0.717) is 17.7 Å². The highest BCUT2D eigenvalue weighted by Gasteiger charge is 2.17. The molecule has 0 aliphatic carbocycles. The van der Waals surface area contributed by atoms with Gasteiger partial charge in [0.2, 0.25) is 5.13 Å². The molecule has 1 amide bonds. The molecule has 2 aromatic carbocycles. The molecule has 0 fully saturated rings. The Morgan fingerprint density at radius 3 is 2.33 bits per heavy atom. The summed E-state index contributed by atoms with van der Waals surface area (Å²) in [5.74, 6) is -0.306. The summed E-state index contributed by atoms with van der Waals surface area (Å²) < 4.78 is 27.2. The lowest BCUT2D eigenvalue weighted by molar-refractivity contribution is 0.102. The second-order valence-electron chi connectivity index (χ2n) is 5.49. The Kier molecular flexibility index (Phi) is 5.38. The van der Waals surface area contributed by atoms with Gasteiger partial charge in [-0.25, -0.2) is 8.42 Å². The molecule has 3 N–H and O–H groups in total. The number of phenolic OH excluding ortho intramolecular Hbond substituents is 1. The van der Waals surface area contributed by atoms with E-state index in [9.17, 15) is 18.3 Å². The number of anilines is 2. The molecule has 0 spiro atoms. The van der Waals surface area contributed by atoms with Gasteiger partial charge in [-0.15, -0.1) is 10.2 Å². The first-order valence-corrected chi connectivity index (χ1v) is 10.2. The normalized spacial score (nSPS) is 11.1. The maximum Gasteiger partial charge on any atom is 0.263 e. The molecule has 27 heavy (non-hydrogen) atoms. The second kappa shape index (κ2) is 7.72. The van der Waals surface area contributed by atoms with Gasteiger partial charge >= 0.3 is 0 Å². The Balaban J connectivity index is 1.70. The number of phenols is 1. The van der Waals surface area contributed by atoms with Gasteiger partial charge in [-0.05, 0) is 55.0 Å². The smallest absolute Gasteiger partial charge is 0.263 e. The molecule has 140 valence electrons. The van der Waals surface area contributed by atoms with Crippen LogP contribution in [0.2, 0.25) is 0 Å². The number of hydrogen-bond acceptors (Lipinski definition) is 7. The van der Waals surface area contributed by atoms with Gasteiger partial charge in [0.1, 0.15) is 10.8 Å². The van der Waals surface area contributed by atoms with Gasteiger partial charge in [-0.3, -0.25) is 9.52 Å². The highest BCUT2D eigenvalue weighted by molar-refractivity contribution is 7.93. The number of nitrogens with zero attached hydrogens (tertiary/aromatic N) is 2. The van der Waals surface area contributed by atoms with Crippen molar-refractivity contribution >= 4 is 38.1 Å². The second-order valence-corrected chi connectivity index (χ2v) is 8.23. The molecule has 1 heterocycles. The van der Waals surface area contributed by atoms with E-state index in [1.54, 1.807) is 0 Å². The van der Waals surface area contributed by atoms with E-state index in [1.807, 2.05) is 6.92 Å². The Bertz CT molecular complexity index is 1050. The number of rotatable bonds is 6. The molecule has 3 rings (SSSR count). The molecule has 0 unspecified atom stereocenters. The van der Waals surface area contributed by atoms with Crippen molar-refractivity contribution in [3.63, 3.8) is 0 Å². The summed E-state index contributed by atoms with van der Waals surface area (Å²) in [6, 6.07) is 11.5. The van der Waals surface area contributed by atoms with E-state index in [2.05, 4.69) is 20.2 Å². The minimum atomic E-state index is -3.79. The molecule has 8 nitrogen and oxygen atoms in total. The summed E-state index contributed by atoms with van der Waals surface area (Å²) >= 11 is 1.18. The van der Waals surface area contributed by atoms with Crippen molar-refractivity contribution in [2.24, 2.45) is 0 Å². The van der Waals surface area contributed by atoms with Crippen molar-refractivity contribution in [2.45, 2.75) is 18.2 Å². The number of sulfonamides is 1. The molecular weight excluding hydrogens is 388 g/mol. The van der Waals surface area contributed by atoms with Crippen LogP contribution < -0.4 is 10.0 Å². The van der Waals surface area contributed by atoms with Crippen LogP contribution in [-0.4, -0.2) is 29.6 Å². The Morgan fingerprint density at radius 1 is 1.07 bits per heavy atom. The topological polar surface area (TPSA) is 121 Å². The molecule has 1 aromatic heterocycles. The zero-order chi connectivity index (χ0) is 19.4. The third kappa shape index (κ3) is 4.60. The summed E-state index contributed by atoms with van der Waals surface area (Å²) in [5, 5.41) is 20.5. The standard InChI is InChI=1S/C17H16N4O4S2/c1-2-15-19-20-17(26-15)21-27(24,25)14-9-5-12(6-10-14)18-16(23)11-3-7-13(22)8-4-11/h3-10,22H,2H2,1H3,(H,18,23)(H,20,21). The molecule has 0 aliphatic rings. The van der Waals surface area contributed by atoms with Crippen molar-refractivity contribution in [1.29, 1.82) is 0 Å². The van der Waals surface area contributed by atoms with Crippen molar-refractivity contribution in [1.82, 2.24) is 10.2 Å². The van der Waals surface area contributed by atoms with Crippen LogP contribution in [0.15, 0.2) is 53.4 Å². The zero-order valence-electron chi connectivity index (χ0n) is 14.2. The van der Waals surface area contributed by atoms with Crippen LogP contribution in [0.4, 0.5) is 10.8 Å². The molecule has 0 aliphatic heterocycles. The summed E-state index contributed by atoms with van der Waals surface area (Å²) in [4.78, 5) is 12.2. The van der Waals surface area contributed by atoms with E-state index >= 15 is 0 Å². The maximum atomic E-state index is 12.4. The molecule has 0 bridgehead atoms. The van der Waals surface area contributed by atoms with Crippen LogP contribution in [0.25, 0.3) is 0 Å². The average Bonchev–Trinajstić information content (AvgIpc) is 3.09. The fourth-order valence-corrected chi connectivity index (χ4v) is 4.05. The van der Waals surface area contributed by atoms with Crippen LogP contribution in [-0.2, 0) is 16.4 Å². The van der Waals surface area contributed by atoms with E-state index in [-0.39, 0.29) is 21.7 Å². The Hall–Kier alpha value is -2.98. The fourth-order valence-electron chi connectivity index (χ4n) is 2.15. The maximum absolute atomic E-state index is 12.4. The molecule has 0 saturated carbocycles. The average molecular weight is 404 g/mol. The van der Waals surface area contributed by atoms with Gasteiger partial charge in [0.25, 0.3) is 15.9 Å². The number of aromatic nitrogens is 2. The lowest BCUT2D eigenvalue weighted by Crippen LogP contribution is -2.14. The van der Waals surface area contributed by atoms with Crippen LogP contribution in [0.1, 0.15) is 22.3 Å². The number of hydrogen-bond donors (Lipinski definition) is 3. The molecule has 0 atom stereocenters. The summed E-state index contributed by atoms with van der Waals surface area (Å²) in [5.41, 5.74) is 0.811. The van der Waals surface area contributed by atoms with Gasteiger partial charge in [-0.1, -0.05) is 18.3 Å². The molecule has 0 saturated heterocycles. The van der Waals surface area contributed by atoms with E-state index in [1.165, 1.54) is 59.9 Å². The molecule has 10 heteroatoms. The van der Waals surface area contributed by atoms with Crippen LogP contribution in [0.5, 0.6) is 5.75 Å². The molecule has 0 radical (unpaired) electrons. The van der Waals surface area contributed by atoms with E-state index < -0.39 is 10.0 Å². The largest absolute Gasteiger partial charge is 0.508 e. The summed E-state index contributed by atoms with van der Waals surface area (Å²) in [7, 11) is -3.79. The third-order valence-electron chi connectivity index (χ3n) is 3.54. The molecule has 3 aromatic rings. The number of carbonyl (C=O) groups is 1. The highest BCUT2D eigenvalue weighted by Crippen LogP contribution is 2.21. The van der Waals surface area contributed by atoms with Gasteiger partial charge in [0, 0.05) is 11.3 Å². The van der Waals surface area contributed by atoms with Gasteiger partial charge in [0.15, 0.2) is 0 Å². The van der Waals surface area contributed by atoms with Crippen molar-refractivity contribution in [3.8, 4) is 5.75 Å². The zero-order valence-corrected chi connectivity index (χ0v) is 15.8. The van der Waals surface area contributed by atoms with Gasteiger partial charge in [-0.2, -0.15) is 0 Å². The fraction of sp³-hybridized carbons (Fsp3) is 0.118. The summed E-state index contributed by atoms with van der Waals surface area (Å²) in [6.07, 6.45) is 0.675. The van der Waals surface area contributed by atoms with Crippen LogP contribution >= 0.6 is 11.3 Å². The predicted molar refractivity (Wildman–Crippen MR) is 103 cm³/mol. The van der Waals surface area contributed by atoms with Gasteiger partial charge < -0.3 is 10.4 Å². The number of carbonyl (C=O) groups excluding carboxylic acids is 1. The first kappa shape index (κ1) is 18.8. The SMILES string of the molecule is CCc1nnc(NS(=O)(=O)c2ccc(NC(=O)c3ccc(O)cc3)cc2)s1. The first-order valence-electron chi connectivity index (χ1n) is 7.93. The van der Waals surface area contributed by atoms with Crippen molar-refractivity contribution in [3.05, 3.63) is 59.1 Å². The van der Waals surface area contributed by atoms with Crippen molar-refractivity contribution < 1.29 is 18.3 Å². The number of aromatic hydroxyl groups is 1. The monoisotopic (exact) mass is 404 g/mol. The quantitative estimate of drug-likeness (QED) is 0.581. The van der Waals surface area contributed by atoms with E-state index in [4.69, 9.17) is 0 Å². The van der Waals surface area contributed by atoms with Crippen LogP contribution in [0.3, 0.4) is 0 Å². The van der Waals surface area contributed by atoms with E-state index in [0.717, 1.165) is 5.01 Å². The Morgan fingerprint density at radius 2 is 1.74 bits per heavy atom. The minimum absolute atomic E-state index is 0.0402. The Labute approximate surface area is 160 Å². The lowest BCUT2D eigenvalue weighted by atomic mass is 10.2. The third-order valence-corrected chi connectivity index (χ3v) is 6.01. The van der Waals surface area contributed by atoms with Crippen LogP contribution in [0, 0.1) is 0 Å². The first-order chi connectivity index (χ1) is 12.9. The number of benzene rings is 2. The predicted octanol–water partition coefficient (Wildman–Crippen LogP) is 2.86. The number of amides is 1. The highest BCUT2D eigenvalue weighted by atomic mass is 32.2.